The summed E-state index contributed by atoms with van der Waals surface area (Å²) in [5.74, 6) is 0.269. The van der Waals surface area contributed by atoms with Crippen molar-refractivity contribution in [3.63, 3.8) is 0 Å². The van der Waals surface area contributed by atoms with Crippen molar-refractivity contribution in [3.05, 3.63) is 29.8 Å². The van der Waals surface area contributed by atoms with Crippen molar-refractivity contribution in [1.29, 1.82) is 0 Å². The highest BCUT2D eigenvalue weighted by Gasteiger charge is 2.08. The Bertz CT molecular complexity index is 446. The molecule has 1 aromatic carbocycles. The summed E-state index contributed by atoms with van der Waals surface area (Å²) < 4.78 is 10.2. The fourth-order valence-electron chi connectivity index (χ4n) is 1.43. The van der Waals surface area contributed by atoms with E-state index in [1.807, 2.05) is 0 Å². The van der Waals surface area contributed by atoms with Gasteiger partial charge in [0.1, 0.15) is 5.75 Å². The number of amides is 1. The van der Waals surface area contributed by atoms with Gasteiger partial charge < -0.3 is 20.0 Å². The van der Waals surface area contributed by atoms with Gasteiger partial charge in [-0.15, -0.1) is 0 Å². The topological polar surface area (TPSA) is 80.2 Å². The Labute approximate surface area is 112 Å². The highest BCUT2D eigenvalue weighted by atomic mass is 16.5. The van der Waals surface area contributed by atoms with Crippen LogP contribution < -0.4 is 10.1 Å². The number of hydrogen-bond donors (Lipinski definition) is 2. The number of ether oxygens (including phenoxy) is 2. The summed E-state index contributed by atoms with van der Waals surface area (Å²) in [4.78, 5) is 11.5. The molecule has 2 N–H and O–H groups in total. The summed E-state index contributed by atoms with van der Waals surface area (Å²) in [6.45, 7) is 2.45. The van der Waals surface area contributed by atoms with Crippen LogP contribution in [0.1, 0.15) is 12.5 Å². The summed E-state index contributed by atoms with van der Waals surface area (Å²) in [6, 6.07) is 7.06. The molecular formula is C13H18N2O4. The predicted octanol–water partition coefficient (Wildman–Crippen LogP) is 1.03. The first-order valence-corrected chi connectivity index (χ1v) is 5.85. The van der Waals surface area contributed by atoms with Crippen LogP contribution in [0.4, 0.5) is 0 Å². The van der Waals surface area contributed by atoms with Crippen LogP contribution in [0.15, 0.2) is 29.4 Å². The number of hydrogen-bond acceptors (Lipinski definition) is 5. The van der Waals surface area contributed by atoms with Crippen molar-refractivity contribution >= 4 is 11.6 Å². The van der Waals surface area contributed by atoms with E-state index in [4.69, 9.17) is 14.7 Å². The first kappa shape index (κ1) is 15.0. The Hall–Kier alpha value is -2.08. The molecule has 6 nitrogen and oxygen atoms in total. The molecule has 0 spiro atoms. The van der Waals surface area contributed by atoms with Crippen LogP contribution in [0.25, 0.3) is 0 Å². The molecule has 0 fully saturated rings. The quantitative estimate of drug-likeness (QED) is 0.334. The van der Waals surface area contributed by atoms with Crippen molar-refractivity contribution in [2.24, 2.45) is 5.16 Å². The number of benzene rings is 1. The van der Waals surface area contributed by atoms with E-state index in [0.29, 0.717) is 30.2 Å². The summed E-state index contributed by atoms with van der Waals surface area (Å²) in [5.41, 5.74) is 1.07. The molecule has 0 saturated heterocycles. The Balaban J connectivity index is 2.56. The first-order chi connectivity index (χ1) is 9.19. The molecule has 104 valence electrons. The highest BCUT2D eigenvalue weighted by Crippen LogP contribution is 2.18. The third-order valence-corrected chi connectivity index (χ3v) is 2.41. The monoisotopic (exact) mass is 266 g/mol. The van der Waals surface area contributed by atoms with Gasteiger partial charge in [-0.05, 0) is 19.1 Å². The molecule has 0 saturated carbocycles. The van der Waals surface area contributed by atoms with E-state index in [9.17, 15) is 4.79 Å². The molecule has 0 heterocycles. The van der Waals surface area contributed by atoms with Gasteiger partial charge in [-0.25, -0.2) is 0 Å². The van der Waals surface area contributed by atoms with Gasteiger partial charge in [-0.2, -0.15) is 0 Å². The number of carbonyl (C=O) groups excluding carboxylic acids is 1. The van der Waals surface area contributed by atoms with E-state index in [1.54, 1.807) is 38.3 Å². The van der Waals surface area contributed by atoms with E-state index in [-0.39, 0.29) is 12.5 Å². The standard InChI is InChI=1S/C13H18N2O4/c1-10(15-17)11-5-3-4-6-12(11)19-9-13(16)14-7-8-18-2/h3-6,17H,7-9H2,1-2H3,(H,14,16)/b15-10+. The maximum atomic E-state index is 11.5. The van der Waals surface area contributed by atoms with Gasteiger partial charge in [0.05, 0.1) is 12.3 Å². The SMILES string of the molecule is COCCNC(=O)COc1ccccc1/C(C)=N/O. The molecule has 0 aliphatic heterocycles. The molecule has 19 heavy (non-hydrogen) atoms. The van der Waals surface area contributed by atoms with Crippen LogP contribution in [-0.4, -0.2) is 43.7 Å². The number of nitrogens with zero attached hydrogens (tertiary/aromatic N) is 1. The summed E-state index contributed by atoms with van der Waals surface area (Å²) in [6.07, 6.45) is 0. The molecular weight excluding hydrogens is 248 g/mol. The molecule has 0 aromatic heterocycles. The second-order valence-corrected chi connectivity index (χ2v) is 3.81. The normalized spacial score (nSPS) is 11.2. The molecule has 1 aromatic rings. The third kappa shape index (κ3) is 4.97. The smallest absolute Gasteiger partial charge is 0.258 e. The number of methoxy groups -OCH3 is 1. The molecule has 1 rings (SSSR count). The minimum atomic E-state index is -0.231. The minimum Gasteiger partial charge on any atom is -0.483 e. The molecule has 1 amide bonds. The highest BCUT2D eigenvalue weighted by molar-refractivity contribution is 6.00. The Kier molecular flexibility index (Phi) is 6.38. The first-order valence-electron chi connectivity index (χ1n) is 5.85. The van der Waals surface area contributed by atoms with E-state index in [2.05, 4.69) is 10.5 Å². The van der Waals surface area contributed by atoms with Gasteiger partial charge in [0.2, 0.25) is 0 Å². The zero-order chi connectivity index (χ0) is 14.1. The average molecular weight is 266 g/mol. The number of rotatable bonds is 7. The van der Waals surface area contributed by atoms with Crippen LogP contribution in [0, 0.1) is 0 Å². The molecule has 0 atom stereocenters. The van der Waals surface area contributed by atoms with Crippen molar-refractivity contribution in [3.8, 4) is 5.75 Å². The van der Waals surface area contributed by atoms with Crippen molar-refractivity contribution in [2.75, 3.05) is 26.9 Å². The van der Waals surface area contributed by atoms with Crippen LogP contribution in [-0.2, 0) is 9.53 Å². The van der Waals surface area contributed by atoms with Gasteiger partial charge in [0.15, 0.2) is 6.61 Å². The fourth-order valence-corrected chi connectivity index (χ4v) is 1.43. The maximum Gasteiger partial charge on any atom is 0.258 e. The van der Waals surface area contributed by atoms with Gasteiger partial charge >= 0.3 is 0 Å². The number of carbonyl (C=O) groups is 1. The Morgan fingerprint density at radius 3 is 2.84 bits per heavy atom. The van der Waals surface area contributed by atoms with Gasteiger partial charge in [0.25, 0.3) is 5.91 Å². The third-order valence-electron chi connectivity index (χ3n) is 2.41. The predicted molar refractivity (Wildman–Crippen MR) is 70.8 cm³/mol. The van der Waals surface area contributed by atoms with Crippen LogP contribution in [0.5, 0.6) is 5.75 Å². The van der Waals surface area contributed by atoms with Crippen LogP contribution in [0.3, 0.4) is 0 Å². The van der Waals surface area contributed by atoms with Crippen molar-refractivity contribution < 1.29 is 19.5 Å². The van der Waals surface area contributed by atoms with E-state index in [0.717, 1.165) is 0 Å². The number of para-hydroxylation sites is 1. The van der Waals surface area contributed by atoms with Gasteiger partial charge in [-0.1, -0.05) is 17.3 Å². The van der Waals surface area contributed by atoms with Crippen LogP contribution >= 0.6 is 0 Å². The fraction of sp³-hybridized carbons (Fsp3) is 0.385. The Morgan fingerprint density at radius 1 is 1.42 bits per heavy atom. The second kappa shape index (κ2) is 8.10. The van der Waals surface area contributed by atoms with E-state index >= 15 is 0 Å². The van der Waals surface area contributed by atoms with Gasteiger partial charge in [-0.3, -0.25) is 4.79 Å². The molecule has 0 unspecified atom stereocenters. The maximum absolute atomic E-state index is 11.5. The number of nitrogens with one attached hydrogen (secondary N) is 1. The summed E-state index contributed by atoms with van der Waals surface area (Å²) in [7, 11) is 1.57. The second-order valence-electron chi connectivity index (χ2n) is 3.81. The molecule has 0 aliphatic rings. The molecule has 0 radical (unpaired) electrons. The van der Waals surface area contributed by atoms with E-state index < -0.39 is 0 Å². The zero-order valence-electron chi connectivity index (χ0n) is 11.0. The van der Waals surface area contributed by atoms with Crippen molar-refractivity contribution in [1.82, 2.24) is 5.32 Å². The molecule has 0 aliphatic carbocycles. The lowest BCUT2D eigenvalue weighted by Crippen LogP contribution is -2.31. The zero-order valence-corrected chi connectivity index (χ0v) is 11.0. The lowest BCUT2D eigenvalue weighted by atomic mass is 10.1. The van der Waals surface area contributed by atoms with Crippen LogP contribution in [0.2, 0.25) is 0 Å². The lowest BCUT2D eigenvalue weighted by molar-refractivity contribution is -0.123. The summed E-state index contributed by atoms with van der Waals surface area (Å²) in [5, 5.41) is 14.5. The molecule has 0 bridgehead atoms. The minimum absolute atomic E-state index is 0.0978. The Morgan fingerprint density at radius 2 is 2.16 bits per heavy atom. The van der Waals surface area contributed by atoms with Crippen molar-refractivity contribution in [2.45, 2.75) is 6.92 Å². The largest absolute Gasteiger partial charge is 0.483 e. The van der Waals surface area contributed by atoms with E-state index in [1.165, 1.54) is 0 Å². The molecule has 6 heteroatoms. The number of oxime groups is 1. The van der Waals surface area contributed by atoms with Gasteiger partial charge in [0, 0.05) is 19.2 Å². The lowest BCUT2D eigenvalue weighted by Gasteiger charge is -2.10. The average Bonchev–Trinajstić information content (AvgIpc) is 2.45. The summed E-state index contributed by atoms with van der Waals surface area (Å²) >= 11 is 0.